The summed E-state index contributed by atoms with van der Waals surface area (Å²) in [6.07, 6.45) is 0. The smallest absolute Gasteiger partial charge is 0.323 e. The molecule has 0 aliphatic carbocycles. The van der Waals surface area contributed by atoms with E-state index in [1.54, 1.807) is 12.1 Å². The molecule has 7 nitrogen and oxygen atoms in total. The van der Waals surface area contributed by atoms with E-state index in [-0.39, 0.29) is 5.02 Å². The molecule has 1 heterocycles. The van der Waals surface area contributed by atoms with E-state index in [1.165, 1.54) is 18.2 Å². The average molecular weight is 443 g/mol. The molecule has 3 rings (SSSR count). The van der Waals surface area contributed by atoms with Gasteiger partial charge in [-0.1, -0.05) is 11.6 Å². The van der Waals surface area contributed by atoms with Crippen LogP contribution in [0.25, 0.3) is 0 Å². The van der Waals surface area contributed by atoms with Gasteiger partial charge >= 0.3 is 6.03 Å². The van der Waals surface area contributed by atoms with Gasteiger partial charge in [-0.2, -0.15) is 4.98 Å². The van der Waals surface area contributed by atoms with E-state index in [0.29, 0.717) is 17.3 Å². The fraction of sp³-hybridized carbons (Fsp3) is 0.227. The molecule has 0 bridgehead atoms. The van der Waals surface area contributed by atoms with Gasteiger partial charge in [0.25, 0.3) is 0 Å². The zero-order valence-corrected chi connectivity index (χ0v) is 18.3. The predicted molar refractivity (Wildman–Crippen MR) is 124 cm³/mol. The van der Waals surface area contributed by atoms with Crippen LogP contribution in [0.15, 0.2) is 48.5 Å². The first-order valence-electron chi connectivity index (χ1n) is 9.88. The zero-order chi connectivity index (χ0) is 22.4. The number of nitrogens with one attached hydrogen (secondary N) is 3. The Labute approximate surface area is 185 Å². The molecule has 0 radical (unpaired) electrons. The standard InChI is InChI=1S/C22H24ClFN6O/c1-4-30(5-2)20-12-14(3)25-21(29-20)26-15-6-8-16(9-7-15)27-22(31)28-17-10-11-19(24)18(23)13-17/h6-13H,4-5H2,1-3H3,(H,25,26,29)(H2,27,28,31). The minimum atomic E-state index is -0.544. The normalized spacial score (nSPS) is 10.5. The number of urea groups is 1. The molecule has 2 aromatic carbocycles. The second-order valence-corrected chi connectivity index (χ2v) is 7.18. The second-order valence-electron chi connectivity index (χ2n) is 6.77. The van der Waals surface area contributed by atoms with Crippen LogP contribution in [-0.2, 0) is 0 Å². The fourth-order valence-corrected chi connectivity index (χ4v) is 3.13. The number of anilines is 5. The number of carbonyl (C=O) groups excluding carboxylic acids is 1. The number of hydrogen-bond acceptors (Lipinski definition) is 5. The predicted octanol–water partition coefficient (Wildman–Crippen LogP) is 5.81. The topological polar surface area (TPSA) is 82.2 Å². The highest BCUT2D eigenvalue weighted by atomic mass is 35.5. The van der Waals surface area contributed by atoms with Crippen LogP contribution in [0.5, 0.6) is 0 Å². The molecular weight excluding hydrogens is 419 g/mol. The number of benzene rings is 2. The van der Waals surface area contributed by atoms with Crippen molar-refractivity contribution in [1.82, 2.24) is 9.97 Å². The molecule has 3 N–H and O–H groups in total. The van der Waals surface area contributed by atoms with Crippen LogP contribution in [0.2, 0.25) is 5.02 Å². The molecule has 162 valence electrons. The molecule has 0 saturated heterocycles. The minimum absolute atomic E-state index is 0.0595. The lowest BCUT2D eigenvalue weighted by Crippen LogP contribution is -2.23. The summed E-state index contributed by atoms with van der Waals surface area (Å²) in [7, 11) is 0. The van der Waals surface area contributed by atoms with Gasteiger partial charge in [0.15, 0.2) is 0 Å². The summed E-state index contributed by atoms with van der Waals surface area (Å²) in [5.74, 6) is 0.835. The molecule has 31 heavy (non-hydrogen) atoms. The van der Waals surface area contributed by atoms with E-state index in [0.717, 1.165) is 30.3 Å². The van der Waals surface area contributed by atoms with E-state index in [4.69, 9.17) is 11.6 Å². The third kappa shape index (κ3) is 6.05. The maximum atomic E-state index is 13.2. The van der Waals surface area contributed by atoms with Gasteiger partial charge in [0.1, 0.15) is 11.6 Å². The molecule has 3 aromatic rings. The SMILES string of the molecule is CCN(CC)c1cc(C)nc(Nc2ccc(NC(=O)Nc3ccc(F)c(Cl)c3)cc2)n1. The van der Waals surface area contributed by atoms with Crippen molar-refractivity contribution in [2.24, 2.45) is 0 Å². The number of halogens is 2. The number of hydrogen-bond donors (Lipinski definition) is 3. The third-order valence-electron chi connectivity index (χ3n) is 4.50. The van der Waals surface area contributed by atoms with Crippen LogP contribution in [0.3, 0.4) is 0 Å². The van der Waals surface area contributed by atoms with Crippen LogP contribution >= 0.6 is 11.6 Å². The average Bonchev–Trinajstić information content (AvgIpc) is 2.73. The molecule has 0 aliphatic heterocycles. The van der Waals surface area contributed by atoms with Crippen molar-refractivity contribution in [1.29, 1.82) is 0 Å². The van der Waals surface area contributed by atoms with Crippen molar-refractivity contribution in [2.75, 3.05) is 33.9 Å². The molecule has 0 saturated carbocycles. The highest BCUT2D eigenvalue weighted by molar-refractivity contribution is 6.31. The molecule has 0 unspecified atom stereocenters. The van der Waals surface area contributed by atoms with E-state index in [2.05, 4.69) is 44.7 Å². The van der Waals surface area contributed by atoms with Gasteiger partial charge in [-0.05, 0) is 63.2 Å². The molecule has 0 spiro atoms. The maximum Gasteiger partial charge on any atom is 0.323 e. The summed E-state index contributed by atoms with van der Waals surface area (Å²) < 4.78 is 13.2. The lowest BCUT2D eigenvalue weighted by atomic mass is 10.3. The van der Waals surface area contributed by atoms with Crippen molar-refractivity contribution in [3.63, 3.8) is 0 Å². The summed E-state index contributed by atoms with van der Waals surface area (Å²) in [6, 6.07) is 12.6. The summed E-state index contributed by atoms with van der Waals surface area (Å²) in [6.45, 7) is 7.82. The van der Waals surface area contributed by atoms with Crippen molar-refractivity contribution >= 4 is 46.5 Å². The van der Waals surface area contributed by atoms with Crippen LogP contribution in [0, 0.1) is 12.7 Å². The Kier molecular flexibility index (Phi) is 7.25. The van der Waals surface area contributed by atoms with E-state index in [9.17, 15) is 9.18 Å². The summed E-state index contributed by atoms with van der Waals surface area (Å²) in [4.78, 5) is 23.3. The first-order chi connectivity index (χ1) is 14.9. The summed E-state index contributed by atoms with van der Waals surface area (Å²) in [5, 5.41) is 8.45. The lowest BCUT2D eigenvalue weighted by molar-refractivity contribution is 0.262. The number of rotatable bonds is 7. The van der Waals surface area contributed by atoms with Crippen LogP contribution in [0.1, 0.15) is 19.5 Å². The van der Waals surface area contributed by atoms with Gasteiger partial charge in [0.05, 0.1) is 5.02 Å². The highest BCUT2D eigenvalue weighted by Crippen LogP contribution is 2.21. The minimum Gasteiger partial charge on any atom is -0.357 e. The van der Waals surface area contributed by atoms with Crippen molar-refractivity contribution in [2.45, 2.75) is 20.8 Å². The Morgan fingerprint density at radius 1 is 0.968 bits per heavy atom. The fourth-order valence-electron chi connectivity index (χ4n) is 2.95. The Balaban J connectivity index is 1.63. The van der Waals surface area contributed by atoms with Gasteiger partial charge in [-0.15, -0.1) is 0 Å². The van der Waals surface area contributed by atoms with Crippen LogP contribution in [-0.4, -0.2) is 29.1 Å². The van der Waals surface area contributed by atoms with E-state index in [1.807, 2.05) is 25.1 Å². The molecule has 9 heteroatoms. The van der Waals surface area contributed by atoms with Crippen molar-refractivity contribution in [3.05, 3.63) is 65.1 Å². The Morgan fingerprint density at radius 3 is 2.23 bits per heavy atom. The molecule has 1 aromatic heterocycles. The van der Waals surface area contributed by atoms with E-state index < -0.39 is 11.8 Å². The van der Waals surface area contributed by atoms with Gasteiger partial charge in [-0.3, -0.25) is 0 Å². The Hall–Kier alpha value is -3.39. The molecule has 0 aliphatic rings. The summed E-state index contributed by atoms with van der Waals surface area (Å²) in [5.41, 5.74) is 2.63. The number of aromatic nitrogens is 2. The number of nitrogens with zero attached hydrogens (tertiary/aromatic N) is 3. The number of carbonyl (C=O) groups is 1. The Morgan fingerprint density at radius 2 is 1.58 bits per heavy atom. The van der Waals surface area contributed by atoms with E-state index >= 15 is 0 Å². The van der Waals surface area contributed by atoms with Gasteiger partial charge < -0.3 is 20.9 Å². The quantitative estimate of drug-likeness (QED) is 0.430. The van der Waals surface area contributed by atoms with Gasteiger partial charge in [0.2, 0.25) is 5.95 Å². The van der Waals surface area contributed by atoms with Gasteiger partial charge in [0, 0.05) is 41.9 Å². The number of aryl methyl sites for hydroxylation is 1. The maximum absolute atomic E-state index is 13.2. The second kappa shape index (κ2) is 10.1. The first-order valence-corrected chi connectivity index (χ1v) is 10.3. The Bertz CT molecular complexity index is 1060. The third-order valence-corrected chi connectivity index (χ3v) is 4.79. The van der Waals surface area contributed by atoms with Crippen molar-refractivity contribution < 1.29 is 9.18 Å². The van der Waals surface area contributed by atoms with Gasteiger partial charge in [-0.25, -0.2) is 14.2 Å². The zero-order valence-electron chi connectivity index (χ0n) is 17.5. The molecule has 0 fully saturated rings. The van der Waals surface area contributed by atoms with Crippen LogP contribution in [0.4, 0.5) is 38.0 Å². The first kappa shape index (κ1) is 22.3. The molecule has 0 atom stereocenters. The lowest BCUT2D eigenvalue weighted by Gasteiger charge is -2.20. The van der Waals surface area contributed by atoms with Crippen molar-refractivity contribution in [3.8, 4) is 0 Å². The molecular formula is C22H24ClFN6O. The molecule has 2 amide bonds. The highest BCUT2D eigenvalue weighted by Gasteiger charge is 2.09. The largest absolute Gasteiger partial charge is 0.357 e. The number of amides is 2. The summed E-state index contributed by atoms with van der Waals surface area (Å²) >= 11 is 5.73. The van der Waals surface area contributed by atoms with Crippen LogP contribution < -0.4 is 20.9 Å². The monoisotopic (exact) mass is 442 g/mol.